The van der Waals surface area contributed by atoms with E-state index in [1.54, 1.807) is 44.4 Å². The van der Waals surface area contributed by atoms with E-state index in [0.29, 0.717) is 11.5 Å². The van der Waals surface area contributed by atoms with Crippen molar-refractivity contribution in [3.8, 4) is 17.2 Å². The molecule has 0 saturated heterocycles. The van der Waals surface area contributed by atoms with E-state index in [4.69, 9.17) is 14.2 Å². The van der Waals surface area contributed by atoms with E-state index in [0.717, 1.165) is 16.1 Å². The summed E-state index contributed by atoms with van der Waals surface area (Å²) >= 11 is 0. The van der Waals surface area contributed by atoms with Crippen LogP contribution in [0, 0.1) is 0 Å². The van der Waals surface area contributed by atoms with E-state index < -0.39 is 28.5 Å². The Bertz CT molecular complexity index is 1150. The number of benzene rings is 2. The van der Waals surface area contributed by atoms with Crippen molar-refractivity contribution in [2.75, 3.05) is 38.4 Å². The maximum atomic E-state index is 13.6. The Labute approximate surface area is 213 Å². The minimum absolute atomic E-state index is 0.0901. The highest BCUT2D eigenvalue weighted by Gasteiger charge is 2.31. The second kappa shape index (κ2) is 12.5. The fourth-order valence-corrected chi connectivity index (χ4v) is 4.35. The van der Waals surface area contributed by atoms with Crippen LogP contribution >= 0.6 is 0 Å². The van der Waals surface area contributed by atoms with E-state index >= 15 is 0 Å². The summed E-state index contributed by atoms with van der Waals surface area (Å²) in [4.78, 5) is 27.8. The quantitative estimate of drug-likeness (QED) is 0.456. The third kappa shape index (κ3) is 7.51. The molecule has 0 spiro atoms. The summed E-state index contributed by atoms with van der Waals surface area (Å²) in [6, 6.07) is 10.7. The Morgan fingerprint density at radius 3 is 2.00 bits per heavy atom. The largest absolute Gasteiger partial charge is 0.497 e. The first-order valence-electron chi connectivity index (χ1n) is 11.3. The maximum Gasteiger partial charge on any atom is 0.244 e. The number of hydrogen-bond donors (Lipinski definition) is 1. The molecular weight excluding hydrogens is 486 g/mol. The number of anilines is 1. The van der Waals surface area contributed by atoms with Crippen molar-refractivity contribution in [3.63, 3.8) is 0 Å². The molecule has 2 aromatic carbocycles. The van der Waals surface area contributed by atoms with Crippen LogP contribution in [-0.2, 0) is 26.2 Å². The molecule has 0 fully saturated rings. The molecule has 1 N–H and O–H groups in total. The van der Waals surface area contributed by atoms with E-state index in [2.05, 4.69) is 5.32 Å². The van der Waals surface area contributed by atoms with Gasteiger partial charge in [-0.25, -0.2) is 8.42 Å². The molecule has 10 nitrogen and oxygen atoms in total. The monoisotopic (exact) mass is 521 g/mol. The second-order valence-corrected chi connectivity index (χ2v) is 10.4. The maximum absolute atomic E-state index is 13.6. The average Bonchev–Trinajstić information content (AvgIpc) is 2.84. The molecule has 0 aliphatic rings. The molecule has 0 heterocycles. The predicted octanol–water partition coefficient (Wildman–Crippen LogP) is 2.42. The van der Waals surface area contributed by atoms with E-state index in [9.17, 15) is 18.0 Å². The first-order chi connectivity index (χ1) is 16.9. The molecule has 0 aromatic heterocycles. The van der Waals surface area contributed by atoms with Crippen molar-refractivity contribution in [1.82, 2.24) is 10.2 Å². The zero-order chi connectivity index (χ0) is 27.0. The number of methoxy groups -OCH3 is 3. The van der Waals surface area contributed by atoms with Gasteiger partial charge in [0.05, 0.1) is 33.3 Å². The Morgan fingerprint density at radius 1 is 0.917 bits per heavy atom. The van der Waals surface area contributed by atoms with Gasteiger partial charge in [0, 0.05) is 18.7 Å². The van der Waals surface area contributed by atoms with Crippen LogP contribution in [0.25, 0.3) is 0 Å². The lowest BCUT2D eigenvalue weighted by Crippen LogP contribution is -2.52. The van der Waals surface area contributed by atoms with Crippen LogP contribution in [-0.4, -0.2) is 71.3 Å². The minimum Gasteiger partial charge on any atom is -0.497 e. The molecule has 198 valence electrons. The van der Waals surface area contributed by atoms with Gasteiger partial charge in [0.1, 0.15) is 29.8 Å². The third-order valence-electron chi connectivity index (χ3n) is 5.44. The van der Waals surface area contributed by atoms with Gasteiger partial charge in [0.15, 0.2) is 0 Å². The highest BCUT2D eigenvalue weighted by molar-refractivity contribution is 7.92. The van der Waals surface area contributed by atoms with Gasteiger partial charge in [0.2, 0.25) is 21.8 Å². The molecule has 1 atom stereocenters. The van der Waals surface area contributed by atoms with Crippen LogP contribution in [0.4, 0.5) is 5.69 Å². The number of hydrogen-bond acceptors (Lipinski definition) is 7. The van der Waals surface area contributed by atoms with Crippen molar-refractivity contribution >= 4 is 27.5 Å². The van der Waals surface area contributed by atoms with Gasteiger partial charge in [-0.05, 0) is 50.6 Å². The first-order valence-corrected chi connectivity index (χ1v) is 13.2. The molecule has 2 amide bonds. The fraction of sp³-hybridized carbons (Fsp3) is 0.440. The smallest absolute Gasteiger partial charge is 0.244 e. The summed E-state index contributed by atoms with van der Waals surface area (Å²) in [5.41, 5.74) is 0.930. The van der Waals surface area contributed by atoms with Crippen LogP contribution in [0.2, 0.25) is 0 Å². The Balaban J connectivity index is 2.45. The number of nitrogens with one attached hydrogen (secondary N) is 1. The van der Waals surface area contributed by atoms with Crippen LogP contribution in [0.15, 0.2) is 42.5 Å². The van der Waals surface area contributed by atoms with E-state index in [-0.39, 0.29) is 29.9 Å². The van der Waals surface area contributed by atoms with Gasteiger partial charge in [-0.2, -0.15) is 0 Å². The summed E-state index contributed by atoms with van der Waals surface area (Å²) in [7, 11) is 0.531. The molecular formula is C25H35N3O7S. The van der Waals surface area contributed by atoms with Crippen molar-refractivity contribution in [3.05, 3.63) is 48.0 Å². The van der Waals surface area contributed by atoms with Gasteiger partial charge in [-0.15, -0.1) is 0 Å². The lowest BCUT2D eigenvalue weighted by molar-refractivity contribution is -0.139. The summed E-state index contributed by atoms with van der Waals surface area (Å²) in [5.74, 6) is 0.438. The Hall–Kier alpha value is -3.47. The zero-order valence-electron chi connectivity index (χ0n) is 21.8. The lowest BCUT2D eigenvalue weighted by atomic mass is 10.1. The molecule has 36 heavy (non-hydrogen) atoms. The number of rotatable bonds is 12. The first kappa shape index (κ1) is 28.8. The zero-order valence-corrected chi connectivity index (χ0v) is 22.6. The van der Waals surface area contributed by atoms with Crippen molar-refractivity contribution < 1.29 is 32.2 Å². The minimum atomic E-state index is -3.90. The average molecular weight is 522 g/mol. The number of nitrogens with zero attached hydrogens (tertiary/aromatic N) is 2. The topological polar surface area (TPSA) is 114 Å². The summed E-state index contributed by atoms with van der Waals surface area (Å²) in [6.07, 6.45) is 1.01. The SMILES string of the molecule is COc1ccc(CN(C(=O)CN(c2ccc(OC)cc2OC)S(C)(=O)=O)[C@@H](C)C(=O)NC(C)C)cc1. The van der Waals surface area contributed by atoms with Crippen LogP contribution in [0.5, 0.6) is 17.2 Å². The molecule has 2 aromatic rings. The summed E-state index contributed by atoms with van der Waals surface area (Å²) in [6.45, 7) is 4.81. The fourth-order valence-electron chi connectivity index (χ4n) is 3.50. The van der Waals surface area contributed by atoms with Crippen molar-refractivity contribution in [2.24, 2.45) is 0 Å². The molecule has 11 heteroatoms. The van der Waals surface area contributed by atoms with Gasteiger partial charge < -0.3 is 24.4 Å². The van der Waals surface area contributed by atoms with Crippen molar-refractivity contribution in [2.45, 2.75) is 39.4 Å². The van der Waals surface area contributed by atoms with E-state index in [1.807, 2.05) is 13.8 Å². The van der Waals surface area contributed by atoms with Gasteiger partial charge in [-0.1, -0.05) is 12.1 Å². The van der Waals surface area contributed by atoms with Gasteiger partial charge in [-0.3, -0.25) is 13.9 Å². The van der Waals surface area contributed by atoms with Crippen LogP contribution in [0.3, 0.4) is 0 Å². The molecule has 0 unspecified atom stereocenters. The standard InChI is InChI=1S/C25H35N3O7S/c1-17(2)26-25(30)18(3)27(15-19-8-10-20(33-4)11-9-19)24(29)16-28(36(7,31)32)22-13-12-21(34-5)14-23(22)35-6/h8-14,17-18H,15-16H2,1-7H3,(H,26,30)/t18-/m0/s1. The number of carbonyl (C=O) groups excluding carboxylic acids is 2. The normalized spacial score (nSPS) is 12.0. The summed E-state index contributed by atoms with van der Waals surface area (Å²) in [5, 5.41) is 2.81. The third-order valence-corrected chi connectivity index (χ3v) is 6.57. The Kier molecular flexibility index (Phi) is 9.97. The molecule has 0 aliphatic carbocycles. The highest BCUT2D eigenvalue weighted by atomic mass is 32.2. The molecule has 2 rings (SSSR count). The second-order valence-electron chi connectivity index (χ2n) is 8.52. The van der Waals surface area contributed by atoms with Crippen LogP contribution < -0.4 is 23.8 Å². The number of sulfonamides is 1. The molecule has 0 radical (unpaired) electrons. The molecule has 0 aliphatic heterocycles. The van der Waals surface area contributed by atoms with Gasteiger partial charge in [0.25, 0.3) is 0 Å². The predicted molar refractivity (Wildman–Crippen MR) is 138 cm³/mol. The van der Waals surface area contributed by atoms with Crippen LogP contribution in [0.1, 0.15) is 26.3 Å². The summed E-state index contributed by atoms with van der Waals surface area (Å²) < 4.78 is 42.2. The lowest BCUT2D eigenvalue weighted by Gasteiger charge is -2.32. The highest BCUT2D eigenvalue weighted by Crippen LogP contribution is 2.33. The Morgan fingerprint density at radius 2 is 1.50 bits per heavy atom. The number of ether oxygens (including phenoxy) is 3. The van der Waals surface area contributed by atoms with E-state index in [1.165, 1.54) is 31.3 Å². The molecule has 0 saturated carbocycles. The molecule has 0 bridgehead atoms. The van der Waals surface area contributed by atoms with Crippen molar-refractivity contribution in [1.29, 1.82) is 0 Å². The van der Waals surface area contributed by atoms with Gasteiger partial charge >= 0.3 is 0 Å². The number of amides is 2. The number of carbonyl (C=O) groups is 2.